The lowest BCUT2D eigenvalue weighted by Gasteiger charge is -2.07. The Kier molecular flexibility index (Phi) is 3.08. The first-order valence-corrected chi connectivity index (χ1v) is 4.56. The van der Waals surface area contributed by atoms with Crippen LogP contribution in [0.15, 0.2) is 12.1 Å². The zero-order valence-electron chi connectivity index (χ0n) is 6.93. The third kappa shape index (κ3) is 1.77. The van der Waals surface area contributed by atoms with E-state index in [4.69, 9.17) is 4.74 Å². The van der Waals surface area contributed by atoms with Crippen molar-refractivity contribution in [3.8, 4) is 5.75 Å². The number of carbonyl (C=O) groups is 1. The number of benzene rings is 1. The van der Waals surface area contributed by atoms with Gasteiger partial charge in [-0.3, -0.25) is 4.79 Å². The van der Waals surface area contributed by atoms with E-state index in [0.717, 1.165) is 15.4 Å². The predicted molar refractivity (Wildman–Crippen MR) is 55.8 cm³/mol. The molecule has 2 nitrogen and oxygen atoms in total. The molecule has 0 unspecified atom stereocenters. The number of aldehydes is 1. The molecule has 0 saturated heterocycles. The Labute approximate surface area is 85.1 Å². The van der Waals surface area contributed by atoms with Gasteiger partial charge in [-0.1, -0.05) is 0 Å². The second kappa shape index (κ2) is 3.89. The van der Waals surface area contributed by atoms with E-state index in [0.29, 0.717) is 11.3 Å². The van der Waals surface area contributed by atoms with Crippen LogP contribution in [0.3, 0.4) is 0 Å². The first-order chi connectivity index (χ1) is 5.69. The molecule has 0 heterocycles. The summed E-state index contributed by atoms with van der Waals surface area (Å²) in [6.07, 6.45) is 0.813. The van der Waals surface area contributed by atoms with Crippen molar-refractivity contribution >= 4 is 28.9 Å². The molecule has 1 aromatic rings. The number of hydrogen-bond donors (Lipinski definition) is 0. The maximum atomic E-state index is 10.6. The molecule has 0 aliphatic heterocycles. The van der Waals surface area contributed by atoms with Crippen molar-refractivity contribution in [3.63, 3.8) is 0 Å². The fourth-order valence-corrected chi connectivity index (χ4v) is 1.92. The highest BCUT2D eigenvalue weighted by molar-refractivity contribution is 14.1. The van der Waals surface area contributed by atoms with E-state index in [1.165, 1.54) is 0 Å². The Balaban J connectivity index is 3.33. The van der Waals surface area contributed by atoms with E-state index in [-0.39, 0.29) is 0 Å². The van der Waals surface area contributed by atoms with Crippen LogP contribution in [0.25, 0.3) is 0 Å². The molecule has 0 fully saturated rings. The molecule has 0 aliphatic rings. The lowest BCUT2D eigenvalue weighted by atomic mass is 10.1. The Morgan fingerprint density at radius 2 is 2.17 bits per heavy atom. The zero-order chi connectivity index (χ0) is 9.14. The Morgan fingerprint density at radius 1 is 1.50 bits per heavy atom. The van der Waals surface area contributed by atoms with E-state index in [9.17, 15) is 4.79 Å². The summed E-state index contributed by atoms with van der Waals surface area (Å²) in [5, 5.41) is 0. The topological polar surface area (TPSA) is 26.3 Å². The molecule has 1 aromatic carbocycles. The molecule has 12 heavy (non-hydrogen) atoms. The summed E-state index contributed by atoms with van der Waals surface area (Å²) in [7, 11) is 1.57. The number of ether oxygens (including phenoxy) is 1. The third-order valence-corrected chi connectivity index (χ3v) is 2.22. The summed E-state index contributed by atoms with van der Waals surface area (Å²) in [5.74, 6) is 0.672. The predicted octanol–water partition coefficient (Wildman–Crippen LogP) is 2.42. The normalized spacial score (nSPS) is 9.58. The summed E-state index contributed by atoms with van der Waals surface area (Å²) in [5.41, 5.74) is 1.61. The van der Waals surface area contributed by atoms with Gasteiger partial charge in [0.25, 0.3) is 0 Å². The molecule has 1 rings (SSSR count). The fraction of sp³-hybridized carbons (Fsp3) is 0.222. The standard InChI is InChI=1S/C9H9IO2/c1-6-3-8(10)4-7(5-11)9(6)12-2/h3-5H,1-2H3. The molecule has 0 saturated carbocycles. The lowest BCUT2D eigenvalue weighted by molar-refractivity contribution is 0.112. The number of carbonyl (C=O) groups excluding carboxylic acids is 1. The Morgan fingerprint density at radius 3 is 2.67 bits per heavy atom. The SMILES string of the molecule is COc1c(C)cc(I)cc1C=O. The second-order valence-electron chi connectivity index (χ2n) is 2.46. The number of rotatable bonds is 2. The molecule has 0 aliphatic carbocycles. The van der Waals surface area contributed by atoms with Crippen LogP contribution in [0.2, 0.25) is 0 Å². The van der Waals surface area contributed by atoms with Gasteiger partial charge in [-0.15, -0.1) is 0 Å². The number of aryl methyl sites for hydroxylation is 1. The highest BCUT2D eigenvalue weighted by atomic mass is 127. The van der Waals surface area contributed by atoms with Crippen LogP contribution in [-0.4, -0.2) is 13.4 Å². The zero-order valence-corrected chi connectivity index (χ0v) is 9.08. The van der Waals surface area contributed by atoms with Crippen molar-refractivity contribution < 1.29 is 9.53 Å². The molecular weight excluding hydrogens is 267 g/mol. The quantitative estimate of drug-likeness (QED) is 0.612. The van der Waals surface area contributed by atoms with Crippen molar-refractivity contribution in [3.05, 3.63) is 26.8 Å². The third-order valence-electron chi connectivity index (χ3n) is 1.60. The van der Waals surface area contributed by atoms with Crippen molar-refractivity contribution in [2.45, 2.75) is 6.92 Å². The van der Waals surface area contributed by atoms with Crippen LogP contribution in [0.5, 0.6) is 5.75 Å². The molecule has 0 spiro atoms. The molecule has 0 aromatic heterocycles. The van der Waals surface area contributed by atoms with E-state index in [2.05, 4.69) is 22.6 Å². The van der Waals surface area contributed by atoms with Crippen molar-refractivity contribution in [2.75, 3.05) is 7.11 Å². The molecule has 0 N–H and O–H groups in total. The van der Waals surface area contributed by atoms with Gasteiger partial charge in [0, 0.05) is 3.57 Å². The van der Waals surface area contributed by atoms with Gasteiger partial charge in [-0.25, -0.2) is 0 Å². The maximum Gasteiger partial charge on any atom is 0.153 e. The van der Waals surface area contributed by atoms with Crippen molar-refractivity contribution in [1.82, 2.24) is 0 Å². The number of methoxy groups -OCH3 is 1. The average molecular weight is 276 g/mol. The van der Waals surface area contributed by atoms with Crippen LogP contribution < -0.4 is 4.74 Å². The summed E-state index contributed by atoms with van der Waals surface area (Å²) >= 11 is 2.17. The largest absolute Gasteiger partial charge is 0.496 e. The van der Waals surface area contributed by atoms with Gasteiger partial charge >= 0.3 is 0 Å². The van der Waals surface area contributed by atoms with Crippen molar-refractivity contribution in [1.29, 1.82) is 0 Å². The Bertz CT molecular complexity index is 308. The van der Waals surface area contributed by atoms with Crippen LogP contribution in [0.4, 0.5) is 0 Å². The van der Waals surface area contributed by atoms with Crippen LogP contribution in [0.1, 0.15) is 15.9 Å². The fourth-order valence-electron chi connectivity index (χ4n) is 1.12. The van der Waals surface area contributed by atoms with Gasteiger partial charge in [0.2, 0.25) is 0 Å². The van der Waals surface area contributed by atoms with E-state index < -0.39 is 0 Å². The van der Waals surface area contributed by atoms with E-state index in [1.54, 1.807) is 13.2 Å². The highest BCUT2D eigenvalue weighted by Gasteiger charge is 2.05. The Hall–Kier alpha value is -0.580. The second-order valence-corrected chi connectivity index (χ2v) is 3.71. The molecule has 0 amide bonds. The molecule has 64 valence electrons. The van der Waals surface area contributed by atoms with Crippen LogP contribution in [0, 0.1) is 10.5 Å². The molecule has 0 radical (unpaired) electrons. The van der Waals surface area contributed by atoms with Crippen LogP contribution in [-0.2, 0) is 0 Å². The van der Waals surface area contributed by atoms with Crippen LogP contribution >= 0.6 is 22.6 Å². The first kappa shape index (κ1) is 9.51. The number of hydrogen-bond acceptors (Lipinski definition) is 2. The highest BCUT2D eigenvalue weighted by Crippen LogP contribution is 2.24. The first-order valence-electron chi connectivity index (χ1n) is 3.48. The smallest absolute Gasteiger partial charge is 0.153 e. The van der Waals surface area contributed by atoms with Gasteiger partial charge < -0.3 is 4.74 Å². The molecule has 3 heteroatoms. The molecular formula is C9H9IO2. The number of halogens is 1. The van der Waals surface area contributed by atoms with Gasteiger partial charge in [0.05, 0.1) is 12.7 Å². The minimum Gasteiger partial charge on any atom is -0.496 e. The van der Waals surface area contributed by atoms with Gasteiger partial charge in [-0.05, 0) is 47.2 Å². The van der Waals surface area contributed by atoms with Gasteiger partial charge in [0.15, 0.2) is 6.29 Å². The summed E-state index contributed by atoms with van der Waals surface area (Å²) in [4.78, 5) is 10.6. The van der Waals surface area contributed by atoms with E-state index >= 15 is 0 Å². The van der Waals surface area contributed by atoms with Crippen molar-refractivity contribution in [2.24, 2.45) is 0 Å². The van der Waals surface area contributed by atoms with Gasteiger partial charge in [0.1, 0.15) is 5.75 Å². The monoisotopic (exact) mass is 276 g/mol. The molecule has 0 atom stereocenters. The summed E-state index contributed by atoms with van der Waals surface area (Å²) < 4.78 is 6.14. The lowest BCUT2D eigenvalue weighted by Crippen LogP contribution is -1.94. The maximum absolute atomic E-state index is 10.6. The average Bonchev–Trinajstić information content (AvgIpc) is 2.03. The summed E-state index contributed by atoms with van der Waals surface area (Å²) in [6, 6.07) is 3.78. The summed E-state index contributed by atoms with van der Waals surface area (Å²) in [6.45, 7) is 1.92. The minimum absolute atomic E-state index is 0.613. The molecule has 0 bridgehead atoms. The van der Waals surface area contributed by atoms with Gasteiger partial charge in [-0.2, -0.15) is 0 Å². The minimum atomic E-state index is 0.613. The van der Waals surface area contributed by atoms with E-state index in [1.807, 2.05) is 13.0 Å².